The number of anilines is 1. The van der Waals surface area contributed by atoms with Gasteiger partial charge in [-0.15, -0.1) is 0 Å². The van der Waals surface area contributed by atoms with Crippen molar-refractivity contribution in [2.45, 2.75) is 20.8 Å². The monoisotopic (exact) mass is 385 g/mol. The minimum atomic E-state index is -0.453. The van der Waals surface area contributed by atoms with E-state index in [1.165, 1.54) is 17.4 Å². The number of carbonyl (C=O) groups is 2. The van der Waals surface area contributed by atoms with Crippen LogP contribution in [0.1, 0.15) is 40.4 Å². The van der Waals surface area contributed by atoms with E-state index in [-0.39, 0.29) is 12.3 Å². The van der Waals surface area contributed by atoms with Gasteiger partial charge < -0.3 is 9.47 Å². The van der Waals surface area contributed by atoms with Gasteiger partial charge in [0.05, 0.1) is 34.7 Å². The van der Waals surface area contributed by atoms with Gasteiger partial charge >= 0.3 is 5.97 Å². The Bertz CT molecular complexity index is 1000. The molecule has 1 N–H and O–H groups in total. The first kappa shape index (κ1) is 18.8. The van der Waals surface area contributed by atoms with E-state index < -0.39 is 11.9 Å². The van der Waals surface area contributed by atoms with Crippen molar-refractivity contribution in [3.63, 3.8) is 0 Å². The Morgan fingerprint density at radius 1 is 1.11 bits per heavy atom. The third-order valence-corrected chi connectivity index (χ3v) is 4.64. The second kappa shape index (κ2) is 8.13. The van der Waals surface area contributed by atoms with Gasteiger partial charge in [-0.2, -0.15) is 0 Å². The van der Waals surface area contributed by atoms with Crippen LogP contribution in [-0.4, -0.2) is 35.1 Å². The number of fused-ring (bicyclic) bond motifs is 1. The highest BCUT2D eigenvalue weighted by Crippen LogP contribution is 2.29. The molecule has 3 aromatic rings. The molecule has 0 saturated heterocycles. The Kier molecular flexibility index (Phi) is 5.66. The van der Waals surface area contributed by atoms with E-state index in [0.29, 0.717) is 23.0 Å². The first-order chi connectivity index (χ1) is 13.0. The lowest BCUT2D eigenvalue weighted by Crippen LogP contribution is -2.16. The molecule has 0 saturated carbocycles. The Labute approximate surface area is 160 Å². The third kappa shape index (κ3) is 4.22. The lowest BCUT2D eigenvalue weighted by atomic mass is 10.2. The van der Waals surface area contributed by atoms with Crippen molar-refractivity contribution in [2.75, 3.05) is 18.5 Å². The molecule has 0 fully saturated rings. The summed E-state index contributed by atoms with van der Waals surface area (Å²) in [7, 11) is 0. The maximum Gasteiger partial charge on any atom is 0.339 e. The number of nitrogens with one attached hydrogen (secondary N) is 1. The third-order valence-electron chi connectivity index (χ3n) is 3.71. The zero-order chi connectivity index (χ0) is 19.4. The smallest absolute Gasteiger partial charge is 0.339 e. The van der Waals surface area contributed by atoms with Crippen molar-refractivity contribution in [3.8, 4) is 5.75 Å². The fraction of sp³-hybridized carbons (Fsp3) is 0.263. The van der Waals surface area contributed by atoms with Gasteiger partial charge in [-0.25, -0.2) is 14.8 Å². The van der Waals surface area contributed by atoms with Crippen LogP contribution < -0.4 is 10.1 Å². The van der Waals surface area contributed by atoms with Gasteiger partial charge in [0, 0.05) is 0 Å². The average Bonchev–Trinajstić information content (AvgIpc) is 3.03. The van der Waals surface area contributed by atoms with Crippen molar-refractivity contribution < 1.29 is 19.1 Å². The predicted octanol–water partition coefficient (Wildman–Crippen LogP) is 3.83. The fourth-order valence-electron chi connectivity index (χ4n) is 2.49. The van der Waals surface area contributed by atoms with Crippen molar-refractivity contribution in [2.24, 2.45) is 0 Å². The number of ether oxygens (including phenoxy) is 2. The number of nitrogens with zero attached hydrogens (tertiary/aromatic N) is 2. The first-order valence-electron chi connectivity index (χ1n) is 8.51. The number of hydrogen-bond donors (Lipinski definition) is 1. The molecule has 2 heterocycles. The molecule has 2 aromatic heterocycles. The summed E-state index contributed by atoms with van der Waals surface area (Å²) >= 11 is 1.35. The molecule has 7 nitrogen and oxygen atoms in total. The van der Waals surface area contributed by atoms with E-state index in [2.05, 4.69) is 15.3 Å². The Morgan fingerprint density at radius 2 is 1.93 bits per heavy atom. The maximum absolute atomic E-state index is 12.5. The molecule has 1 aromatic carbocycles. The molecule has 8 heteroatoms. The minimum absolute atomic E-state index is 0.204. The van der Waals surface area contributed by atoms with Gasteiger partial charge in [0.1, 0.15) is 11.4 Å². The molecule has 3 rings (SSSR count). The summed E-state index contributed by atoms with van der Waals surface area (Å²) in [5.74, 6) is -0.0818. The summed E-state index contributed by atoms with van der Waals surface area (Å²) in [5, 5.41) is 3.22. The largest absolute Gasteiger partial charge is 0.494 e. The molecule has 27 heavy (non-hydrogen) atoms. The minimum Gasteiger partial charge on any atom is -0.494 e. The topological polar surface area (TPSA) is 90.4 Å². The van der Waals surface area contributed by atoms with Crippen LogP contribution in [0.4, 0.5) is 5.13 Å². The number of rotatable bonds is 6. The predicted molar refractivity (Wildman–Crippen MR) is 104 cm³/mol. The van der Waals surface area contributed by atoms with Crippen LogP contribution in [0.3, 0.4) is 0 Å². The molecule has 140 valence electrons. The quantitative estimate of drug-likeness (QED) is 0.649. The summed E-state index contributed by atoms with van der Waals surface area (Å²) in [6.45, 7) is 6.18. The van der Waals surface area contributed by atoms with Crippen LogP contribution in [0, 0.1) is 6.92 Å². The number of thiazole rings is 1. The number of carbonyl (C=O) groups excluding carboxylic acids is 2. The molecular weight excluding hydrogens is 366 g/mol. The van der Waals surface area contributed by atoms with Gasteiger partial charge in [-0.1, -0.05) is 11.3 Å². The van der Waals surface area contributed by atoms with Crippen molar-refractivity contribution in [1.82, 2.24) is 9.97 Å². The molecular formula is C19H19N3O4S. The highest BCUT2D eigenvalue weighted by Gasteiger charge is 2.16. The second-order valence-corrected chi connectivity index (χ2v) is 6.62. The standard InChI is InChI=1S/C19H19N3O4S/c1-4-25-12-6-8-14-16(10-12)27-19(21-14)22-17(23)15-9-7-13(11(3)20-15)18(24)26-5-2/h6-10H,4-5H2,1-3H3,(H,21,22,23). The van der Waals surface area contributed by atoms with Gasteiger partial charge in [0.25, 0.3) is 5.91 Å². The number of esters is 1. The van der Waals surface area contributed by atoms with Crippen LogP contribution in [0.5, 0.6) is 5.75 Å². The molecule has 0 radical (unpaired) electrons. The Balaban J connectivity index is 1.77. The summed E-state index contributed by atoms with van der Waals surface area (Å²) < 4.78 is 11.4. The van der Waals surface area contributed by atoms with E-state index in [1.54, 1.807) is 19.9 Å². The molecule has 1 amide bonds. The molecule has 0 spiro atoms. The Morgan fingerprint density at radius 3 is 2.63 bits per heavy atom. The number of hydrogen-bond acceptors (Lipinski definition) is 7. The Hall–Kier alpha value is -3.00. The summed E-state index contributed by atoms with van der Waals surface area (Å²) in [4.78, 5) is 32.9. The lowest BCUT2D eigenvalue weighted by molar-refractivity contribution is 0.0524. The number of amides is 1. The molecule has 0 bridgehead atoms. The van der Waals surface area contributed by atoms with E-state index in [4.69, 9.17) is 9.47 Å². The fourth-order valence-corrected chi connectivity index (χ4v) is 3.38. The van der Waals surface area contributed by atoms with E-state index in [0.717, 1.165) is 16.0 Å². The van der Waals surface area contributed by atoms with Crippen LogP contribution >= 0.6 is 11.3 Å². The van der Waals surface area contributed by atoms with E-state index in [1.807, 2.05) is 25.1 Å². The normalized spacial score (nSPS) is 10.6. The van der Waals surface area contributed by atoms with Gasteiger partial charge in [0.15, 0.2) is 5.13 Å². The van der Waals surface area contributed by atoms with Gasteiger partial charge in [-0.3, -0.25) is 10.1 Å². The molecule has 0 aliphatic carbocycles. The zero-order valence-corrected chi connectivity index (χ0v) is 16.1. The van der Waals surface area contributed by atoms with E-state index in [9.17, 15) is 9.59 Å². The molecule has 0 aliphatic rings. The molecule has 0 atom stereocenters. The van der Waals surface area contributed by atoms with E-state index >= 15 is 0 Å². The lowest BCUT2D eigenvalue weighted by Gasteiger charge is -2.06. The first-order valence-corrected chi connectivity index (χ1v) is 9.33. The van der Waals surface area contributed by atoms with Crippen LogP contribution in [0.25, 0.3) is 10.2 Å². The van der Waals surface area contributed by atoms with Crippen LogP contribution in [0.15, 0.2) is 30.3 Å². The summed E-state index contributed by atoms with van der Waals surface area (Å²) in [6.07, 6.45) is 0. The average molecular weight is 385 g/mol. The summed E-state index contributed by atoms with van der Waals surface area (Å²) in [6, 6.07) is 8.62. The SMILES string of the molecule is CCOC(=O)c1ccc(C(=O)Nc2nc3ccc(OCC)cc3s2)nc1C. The van der Waals surface area contributed by atoms with Crippen molar-refractivity contribution in [1.29, 1.82) is 0 Å². The van der Waals surface area contributed by atoms with Crippen LogP contribution in [-0.2, 0) is 4.74 Å². The maximum atomic E-state index is 12.5. The van der Waals surface area contributed by atoms with Gasteiger partial charge in [0.2, 0.25) is 0 Å². The van der Waals surface area contributed by atoms with Crippen molar-refractivity contribution in [3.05, 3.63) is 47.3 Å². The number of aryl methyl sites for hydroxylation is 1. The molecule has 0 aliphatic heterocycles. The second-order valence-electron chi connectivity index (χ2n) is 5.59. The zero-order valence-electron chi connectivity index (χ0n) is 15.2. The van der Waals surface area contributed by atoms with Crippen LogP contribution in [0.2, 0.25) is 0 Å². The van der Waals surface area contributed by atoms with Gasteiger partial charge in [-0.05, 0) is 51.1 Å². The summed E-state index contributed by atoms with van der Waals surface area (Å²) in [5.41, 5.74) is 1.76. The highest BCUT2D eigenvalue weighted by atomic mass is 32.1. The number of aromatic nitrogens is 2. The highest BCUT2D eigenvalue weighted by molar-refractivity contribution is 7.22. The molecule has 0 unspecified atom stereocenters. The number of benzene rings is 1. The van der Waals surface area contributed by atoms with Crippen molar-refractivity contribution >= 4 is 38.6 Å². The number of pyridine rings is 1.